The predicted molar refractivity (Wildman–Crippen MR) is 201 cm³/mol. The molecule has 0 radical (unpaired) electrons. The molecular formula is C39H79NO7P+. The van der Waals surface area contributed by atoms with E-state index in [4.69, 9.17) is 18.5 Å². The largest absolute Gasteiger partial charge is 0.492 e. The SMILES string of the molecule is CCCCCCCCCCCCCC/C=C\OC(COC(=O)CCCCCCCCCCCCCC)COP(=O)(O)OCC[N+](C)(C)C. The standard InChI is InChI=1S/C39H78NO7P/c1-6-8-10-12-14-16-18-20-21-23-25-27-29-31-34-44-38(37-47-48(42,43)46-35-33-40(3,4)5)36-45-39(41)32-30-28-26-24-22-19-17-15-13-11-9-7-2/h31,34,38H,6-30,32-33,35-37H2,1-5H3/p+1/b34-31-. The first kappa shape index (κ1) is 47.1. The van der Waals surface area contributed by atoms with Gasteiger partial charge in [-0.25, -0.2) is 4.57 Å². The fourth-order valence-electron chi connectivity index (χ4n) is 5.48. The maximum absolute atomic E-state index is 12.4. The van der Waals surface area contributed by atoms with Gasteiger partial charge < -0.3 is 18.9 Å². The van der Waals surface area contributed by atoms with Crippen LogP contribution in [-0.4, -0.2) is 69.0 Å². The van der Waals surface area contributed by atoms with Gasteiger partial charge in [0.25, 0.3) is 0 Å². The van der Waals surface area contributed by atoms with Crippen LogP contribution in [0.15, 0.2) is 12.3 Å². The van der Waals surface area contributed by atoms with Crippen LogP contribution in [0.3, 0.4) is 0 Å². The zero-order valence-corrected chi connectivity index (χ0v) is 33.1. The number of rotatable bonds is 37. The van der Waals surface area contributed by atoms with Gasteiger partial charge in [-0.2, -0.15) is 0 Å². The van der Waals surface area contributed by atoms with E-state index < -0.39 is 13.9 Å². The Hall–Kier alpha value is -0.920. The second kappa shape index (κ2) is 33.2. The first-order valence-electron chi connectivity index (χ1n) is 20.0. The molecule has 0 heterocycles. The molecule has 0 saturated carbocycles. The number of unbranched alkanes of at least 4 members (excludes halogenated alkanes) is 23. The summed E-state index contributed by atoms with van der Waals surface area (Å²) in [7, 11) is 1.68. The lowest BCUT2D eigenvalue weighted by Crippen LogP contribution is -2.37. The highest BCUT2D eigenvalue weighted by molar-refractivity contribution is 7.47. The van der Waals surface area contributed by atoms with Crippen molar-refractivity contribution in [3.05, 3.63) is 12.3 Å². The monoisotopic (exact) mass is 705 g/mol. The molecule has 1 N–H and O–H groups in total. The van der Waals surface area contributed by atoms with Gasteiger partial charge in [0.2, 0.25) is 0 Å². The normalized spacial score (nSPS) is 14.0. The number of likely N-dealkylation sites (N-methyl/N-ethyl adjacent to an activating group) is 1. The number of allylic oxidation sites excluding steroid dienone is 1. The van der Waals surface area contributed by atoms with Crippen LogP contribution in [0.2, 0.25) is 0 Å². The van der Waals surface area contributed by atoms with Crippen LogP contribution >= 0.6 is 7.82 Å². The van der Waals surface area contributed by atoms with E-state index in [1.54, 1.807) is 6.26 Å². The molecule has 9 heteroatoms. The van der Waals surface area contributed by atoms with Crippen molar-refractivity contribution in [1.82, 2.24) is 0 Å². The van der Waals surface area contributed by atoms with E-state index in [-0.39, 0.29) is 25.8 Å². The maximum atomic E-state index is 12.4. The molecule has 0 aliphatic heterocycles. The van der Waals surface area contributed by atoms with Crippen molar-refractivity contribution in [2.45, 2.75) is 187 Å². The summed E-state index contributed by atoms with van der Waals surface area (Å²) < 4.78 is 34.6. The second-order valence-corrected chi connectivity index (χ2v) is 16.2. The number of ether oxygens (including phenoxy) is 2. The third-order valence-corrected chi connectivity index (χ3v) is 9.68. The van der Waals surface area contributed by atoms with Crippen molar-refractivity contribution in [2.75, 3.05) is 47.5 Å². The molecule has 0 spiro atoms. The summed E-state index contributed by atoms with van der Waals surface area (Å²) >= 11 is 0. The van der Waals surface area contributed by atoms with Gasteiger partial charge in [0.15, 0.2) is 6.10 Å². The Labute approximate surface area is 297 Å². The number of esters is 1. The molecule has 286 valence electrons. The van der Waals surface area contributed by atoms with Gasteiger partial charge in [-0.05, 0) is 25.3 Å². The van der Waals surface area contributed by atoms with Gasteiger partial charge in [-0.15, -0.1) is 0 Å². The lowest BCUT2D eigenvalue weighted by Gasteiger charge is -2.24. The van der Waals surface area contributed by atoms with Gasteiger partial charge in [-0.3, -0.25) is 13.8 Å². The molecular weight excluding hydrogens is 625 g/mol. The lowest BCUT2D eigenvalue weighted by molar-refractivity contribution is -0.870. The molecule has 0 amide bonds. The Morgan fingerprint density at radius 2 is 1.08 bits per heavy atom. The Morgan fingerprint density at radius 1 is 0.646 bits per heavy atom. The van der Waals surface area contributed by atoms with Crippen LogP contribution < -0.4 is 0 Å². The van der Waals surface area contributed by atoms with E-state index in [1.807, 2.05) is 27.2 Å². The van der Waals surface area contributed by atoms with Crippen molar-refractivity contribution in [1.29, 1.82) is 0 Å². The molecule has 0 bridgehead atoms. The number of quaternary nitrogens is 1. The minimum Gasteiger partial charge on any atom is -0.492 e. The van der Waals surface area contributed by atoms with E-state index in [9.17, 15) is 14.3 Å². The smallest absolute Gasteiger partial charge is 0.472 e. The molecule has 0 aromatic rings. The predicted octanol–water partition coefficient (Wildman–Crippen LogP) is 11.5. The molecule has 2 unspecified atom stereocenters. The number of carbonyl (C=O) groups is 1. The van der Waals surface area contributed by atoms with Gasteiger partial charge in [0.05, 0.1) is 34.0 Å². The van der Waals surface area contributed by atoms with Crippen LogP contribution in [0.4, 0.5) is 0 Å². The van der Waals surface area contributed by atoms with Crippen molar-refractivity contribution < 1.29 is 37.3 Å². The minimum atomic E-state index is -4.25. The Balaban J connectivity index is 4.32. The minimum absolute atomic E-state index is 0.0427. The number of phosphoric ester groups is 1. The Bertz CT molecular complexity index is 787. The molecule has 0 fully saturated rings. The number of nitrogens with zero attached hydrogens (tertiary/aromatic N) is 1. The zero-order chi connectivity index (χ0) is 35.6. The lowest BCUT2D eigenvalue weighted by atomic mass is 10.0. The quantitative estimate of drug-likeness (QED) is 0.0226. The van der Waals surface area contributed by atoms with Crippen LogP contribution in [0.25, 0.3) is 0 Å². The van der Waals surface area contributed by atoms with Gasteiger partial charge in [-0.1, -0.05) is 155 Å². The third-order valence-electron chi connectivity index (χ3n) is 8.70. The molecule has 0 aliphatic rings. The zero-order valence-electron chi connectivity index (χ0n) is 32.2. The number of hydrogen-bond acceptors (Lipinski definition) is 6. The average molecular weight is 705 g/mol. The van der Waals surface area contributed by atoms with E-state index in [0.29, 0.717) is 17.4 Å². The van der Waals surface area contributed by atoms with E-state index in [2.05, 4.69) is 13.8 Å². The molecule has 0 rings (SSSR count). The van der Waals surface area contributed by atoms with E-state index >= 15 is 0 Å². The van der Waals surface area contributed by atoms with Crippen LogP contribution in [0.1, 0.15) is 181 Å². The van der Waals surface area contributed by atoms with Crippen LogP contribution in [0.5, 0.6) is 0 Å². The fraction of sp³-hybridized carbons (Fsp3) is 0.923. The maximum Gasteiger partial charge on any atom is 0.472 e. The van der Waals surface area contributed by atoms with Gasteiger partial charge in [0.1, 0.15) is 19.8 Å². The molecule has 0 saturated heterocycles. The van der Waals surface area contributed by atoms with Gasteiger partial charge >= 0.3 is 13.8 Å². The molecule has 8 nitrogen and oxygen atoms in total. The number of hydrogen-bond donors (Lipinski definition) is 1. The van der Waals surface area contributed by atoms with Crippen molar-refractivity contribution in [3.8, 4) is 0 Å². The second-order valence-electron chi connectivity index (χ2n) is 14.7. The van der Waals surface area contributed by atoms with E-state index in [1.165, 1.54) is 128 Å². The first-order valence-corrected chi connectivity index (χ1v) is 21.5. The van der Waals surface area contributed by atoms with Gasteiger partial charge in [0, 0.05) is 6.42 Å². The van der Waals surface area contributed by atoms with Crippen molar-refractivity contribution in [2.24, 2.45) is 0 Å². The van der Waals surface area contributed by atoms with Crippen LogP contribution in [0, 0.1) is 0 Å². The molecule has 48 heavy (non-hydrogen) atoms. The number of phosphoric acid groups is 1. The van der Waals surface area contributed by atoms with Crippen LogP contribution in [-0.2, 0) is 27.9 Å². The summed E-state index contributed by atoms with van der Waals surface area (Å²) in [5, 5.41) is 0. The molecule has 0 aliphatic carbocycles. The Morgan fingerprint density at radius 3 is 1.54 bits per heavy atom. The summed E-state index contributed by atoms with van der Waals surface area (Å²) in [5.74, 6) is -0.275. The molecule has 2 atom stereocenters. The first-order chi connectivity index (χ1) is 23.1. The summed E-state index contributed by atoms with van der Waals surface area (Å²) in [5.41, 5.74) is 0. The summed E-state index contributed by atoms with van der Waals surface area (Å²) in [6.07, 6.45) is 34.8. The molecule has 0 aromatic heterocycles. The topological polar surface area (TPSA) is 91.3 Å². The third kappa shape index (κ3) is 36.4. The number of carbonyl (C=O) groups excluding carboxylic acids is 1. The summed E-state index contributed by atoms with van der Waals surface area (Å²) in [6, 6.07) is 0. The highest BCUT2D eigenvalue weighted by Gasteiger charge is 2.25. The highest BCUT2D eigenvalue weighted by atomic mass is 31.2. The Kier molecular flexibility index (Phi) is 32.6. The van der Waals surface area contributed by atoms with Crippen molar-refractivity contribution >= 4 is 13.8 Å². The average Bonchev–Trinajstić information content (AvgIpc) is 3.03. The summed E-state index contributed by atoms with van der Waals surface area (Å²) in [4.78, 5) is 22.6. The van der Waals surface area contributed by atoms with Crippen molar-refractivity contribution in [3.63, 3.8) is 0 Å². The fourth-order valence-corrected chi connectivity index (χ4v) is 6.22. The molecule has 0 aromatic carbocycles. The highest BCUT2D eigenvalue weighted by Crippen LogP contribution is 2.43. The summed E-state index contributed by atoms with van der Waals surface area (Å²) in [6.45, 7) is 4.91. The van der Waals surface area contributed by atoms with E-state index in [0.717, 1.165) is 32.1 Å².